The van der Waals surface area contributed by atoms with Gasteiger partial charge in [-0.15, -0.1) is 0 Å². The van der Waals surface area contributed by atoms with E-state index in [-0.39, 0.29) is 5.97 Å². The van der Waals surface area contributed by atoms with Crippen molar-refractivity contribution >= 4 is 5.97 Å². The quantitative estimate of drug-likeness (QED) is 0.495. The molecule has 1 aromatic rings. The van der Waals surface area contributed by atoms with Gasteiger partial charge in [0, 0.05) is 6.42 Å². The van der Waals surface area contributed by atoms with E-state index < -0.39 is 0 Å². The molecule has 0 unspecified atom stereocenters. The molecule has 0 spiro atoms. The molecule has 0 aliphatic carbocycles. The van der Waals surface area contributed by atoms with Crippen LogP contribution in [0.3, 0.4) is 0 Å². The molecule has 2 nitrogen and oxygen atoms in total. The monoisotopic (exact) mass is 164 g/mol. The van der Waals surface area contributed by atoms with Crippen LogP contribution in [-0.4, -0.2) is 5.97 Å². The Morgan fingerprint density at radius 1 is 1.50 bits per heavy atom. The third-order valence-corrected chi connectivity index (χ3v) is 1.51. The molecule has 2 heteroatoms. The minimum absolute atomic E-state index is 0.194. The number of carbonyl (C=O) groups is 1. The molecule has 64 valence electrons. The average molecular weight is 164 g/mol. The Morgan fingerprint density at radius 3 is 2.83 bits per heavy atom. The van der Waals surface area contributed by atoms with Crippen molar-refractivity contribution in [3.05, 3.63) is 29.8 Å². The summed E-state index contributed by atoms with van der Waals surface area (Å²) in [5.41, 5.74) is 1.09. The van der Waals surface area contributed by atoms with Crippen molar-refractivity contribution in [2.45, 2.75) is 20.3 Å². The van der Waals surface area contributed by atoms with Crippen LogP contribution < -0.4 is 4.74 Å². The number of aryl methyl sites for hydroxylation is 1. The maximum atomic E-state index is 10.9. The second kappa shape index (κ2) is 3.90. The first-order chi connectivity index (χ1) is 5.72. The van der Waals surface area contributed by atoms with Gasteiger partial charge in [0.15, 0.2) is 0 Å². The number of carbonyl (C=O) groups excluding carboxylic acids is 1. The van der Waals surface area contributed by atoms with Gasteiger partial charge in [0.25, 0.3) is 0 Å². The van der Waals surface area contributed by atoms with E-state index in [1.807, 2.05) is 25.1 Å². The van der Waals surface area contributed by atoms with Crippen LogP contribution in [-0.2, 0) is 4.79 Å². The Kier molecular flexibility index (Phi) is 2.86. The van der Waals surface area contributed by atoms with E-state index in [2.05, 4.69) is 0 Å². The lowest BCUT2D eigenvalue weighted by Crippen LogP contribution is -2.05. The van der Waals surface area contributed by atoms with Crippen molar-refractivity contribution in [3.8, 4) is 5.75 Å². The zero-order chi connectivity index (χ0) is 8.97. The van der Waals surface area contributed by atoms with Crippen LogP contribution in [0.1, 0.15) is 18.9 Å². The molecule has 0 saturated carbocycles. The van der Waals surface area contributed by atoms with E-state index in [1.165, 1.54) is 0 Å². The highest BCUT2D eigenvalue weighted by atomic mass is 16.5. The fraction of sp³-hybridized carbons (Fsp3) is 0.300. The molecule has 0 atom stereocenters. The molecule has 12 heavy (non-hydrogen) atoms. The molecule has 0 aromatic heterocycles. The molecule has 0 saturated heterocycles. The standard InChI is InChI=1S/C10H12O2/c1-3-10(11)12-9-6-4-5-8(2)7-9/h4-7H,3H2,1-2H3. The molecule has 0 heterocycles. The van der Waals surface area contributed by atoms with Crippen molar-refractivity contribution in [2.24, 2.45) is 0 Å². The lowest BCUT2D eigenvalue weighted by atomic mass is 10.2. The summed E-state index contributed by atoms with van der Waals surface area (Å²) in [6, 6.07) is 7.45. The molecule has 0 bridgehead atoms. The second-order valence-corrected chi connectivity index (χ2v) is 2.64. The Balaban J connectivity index is 2.69. The topological polar surface area (TPSA) is 26.3 Å². The Morgan fingerprint density at radius 2 is 2.25 bits per heavy atom. The van der Waals surface area contributed by atoms with Crippen LogP contribution in [0, 0.1) is 6.92 Å². The highest BCUT2D eigenvalue weighted by Gasteiger charge is 1.99. The molecular weight excluding hydrogens is 152 g/mol. The summed E-state index contributed by atoms with van der Waals surface area (Å²) >= 11 is 0. The molecule has 0 radical (unpaired) electrons. The number of ether oxygens (including phenoxy) is 1. The van der Waals surface area contributed by atoms with Crippen molar-refractivity contribution in [1.29, 1.82) is 0 Å². The molecule has 0 fully saturated rings. The minimum Gasteiger partial charge on any atom is -0.427 e. The van der Waals surface area contributed by atoms with Gasteiger partial charge in [0.1, 0.15) is 5.75 Å². The maximum Gasteiger partial charge on any atom is 0.310 e. The number of rotatable bonds is 2. The number of benzene rings is 1. The van der Waals surface area contributed by atoms with E-state index in [4.69, 9.17) is 4.74 Å². The summed E-state index contributed by atoms with van der Waals surface area (Å²) in [7, 11) is 0. The summed E-state index contributed by atoms with van der Waals surface area (Å²) in [6.45, 7) is 3.74. The van der Waals surface area contributed by atoms with E-state index in [9.17, 15) is 4.79 Å². The van der Waals surface area contributed by atoms with Crippen LogP contribution in [0.25, 0.3) is 0 Å². The van der Waals surface area contributed by atoms with Crippen LogP contribution in [0.15, 0.2) is 24.3 Å². The smallest absolute Gasteiger partial charge is 0.310 e. The normalized spacial score (nSPS) is 9.50. The Bertz CT molecular complexity index is 279. The first-order valence-corrected chi connectivity index (χ1v) is 3.99. The van der Waals surface area contributed by atoms with Gasteiger partial charge in [-0.05, 0) is 24.6 Å². The molecule has 0 N–H and O–H groups in total. The molecule has 1 aromatic carbocycles. The van der Waals surface area contributed by atoms with Crippen molar-refractivity contribution in [1.82, 2.24) is 0 Å². The largest absolute Gasteiger partial charge is 0.427 e. The second-order valence-electron chi connectivity index (χ2n) is 2.64. The molecule has 1 rings (SSSR count). The van der Waals surface area contributed by atoms with E-state index in [0.29, 0.717) is 12.2 Å². The van der Waals surface area contributed by atoms with Crippen LogP contribution >= 0.6 is 0 Å². The third kappa shape index (κ3) is 2.38. The predicted molar refractivity (Wildman–Crippen MR) is 47.1 cm³/mol. The Hall–Kier alpha value is -1.31. The maximum absolute atomic E-state index is 10.9. The van der Waals surface area contributed by atoms with Gasteiger partial charge in [0.2, 0.25) is 0 Å². The molecular formula is C10H12O2. The van der Waals surface area contributed by atoms with Gasteiger partial charge in [-0.3, -0.25) is 4.79 Å². The zero-order valence-electron chi connectivity index (χ0n) is 7.33. The van der Waals surface area contributed by atoms with E-state index in [0.717, 1.165) is 5.56 Å². The van der Waals surface area contributed by atoms with Gasteiger partial charge in [-0.2, -0.15) is 0 Å². The average Bonchev–Trinajstić information content (AvgIpc) is 2.04. The summed E-state index contributed by atoms with van der Waals surface area (Å²) < 4.78 is 5.01. The highest BCUT2D eigenvalue weighted by Crippen LogP contribution is 2.12. The SMILES string of the molecule is CCC(=O)Oc1cccc(C)c1. The fourth-order valence-corrected chi connectivity index (χ4v) is 0.882. The highest BCUT2D eigenvalue weighted by molar-refractivity contribution is 5.71. The van der Waals surface area contributed by atoms with Gasteiger partial charge >= 0.3 is 5.97 Å². The van der Waals surface area contributed by atoms with E-state index >= 15 is 0 Å². The number of esters is 1. The third-order valence-electron chi connectivity index (χ3n) is 1.51. The first kappa shape index (κ1) is 8.78. The summed E-state index contributed by atoms with van der Waals surface area (Å²) in [6.07, 6.45) is 0.411. The van der Waals surface area contributed by atoms with Crippen LogP contribution in [0.2, 0.25) is 0 Å². The van der Waals surface area contributed by atoms with Gasteiger partial charge in [-0.25, -0.2) is 0 Å². The van der Waals surface area contributed by atoms with Gasteiger partial charge in [-0.1, -0.05) is 19.1 Å². The summed E-state index contributed by atoms with van der Waals surface area (Å²) in [5.74, 6) is 0.433. The van der Waals surface area contributed by atoms with Gasteiger partial charge < -0.3 is 4.74 Å². The predicted octanol–water partition coefficient (Wildman–Crippen LogP) is 2.31. The van der Waals surface area contributed by atoms with E-state index in [1.54, 1.807) is 13.0 Å². The zero-order valence-corrected chi connectivity index (χ0v) is 7.33. The number of hydrogen-bond acceptors (Lipinski definition) is 2. The summed E-state index contributed by atoms with van der Waals surface area (Å²) in [4.78, 5) is 10.9. The van der Waals surface area contributed by atoms with Crippen molar-refractivity contribution in [3.63, 3.8) is 0 Å². The lowest BCUT2D eigenvalue weighted by molar-refractivity contribution is -0.134. The molecule has 0 aliphatic rings. The number of hydrogen-bond donors (Lipinski definition) is 0. The minimum atomic E-state index is -0.194. The Labute approximate surface area is 72.2 Å². The van der Waals surface area contributed by atoms with Crippen molar-refractivity contribution in [2.75, 3.05) is 0 Å². The van der Waals surface area contributed by atoms with Crippen LogP contribution in [0.5, 0.6) is 5.75 Å². The van der Waals surface area contributed by atoms with Crippen molar-refractivity contribution < 1.29 is 9.53 Å². The van der Waals surface area contributed by atoms with Gasteiger partial charge in [0.05, 0.1) is 0 Å². The fourth-order valence-electron chi connectivity index (χ4n) is 0.882. The van der Waals surface area contributed by atoms with Crippen LogP contribution in [0.4, 0.5) is 0 Å². The first-order valence-electron chi connectivity index (χ1n) is 3.99. The summed E-state index contributed by atoms with van der Waals surface area (Å²) in [5, 5.41) is 0. The molecule has 0 amide bonds. The lowest BCUT2D eigenvalue weighted by Gasteiger charge is -2.02. The molecule has 0 aliphatic heterocycles.